The van der Waals surface area contributed by atoms with Crippen molar-refractivity contribution in [3.8, 4) is 11.5 Å². The molecule has 2 nitrogen and oxygen atoms in total. The Morgan fingerprint density at radius 1 is 1.12 bits per heavy atom. The van der Waals surface area contributed by atoms with Crippen molar-refractivity contribution in [3.63, 3.8) is 0 Å². The van der Waals surface area contributed by atoms with E-state index in [4.69, 9.17) is 16.3 Å². The van der Waals surface area contributed by atoms with E-state index in [-0.39, 0.29) is 0 Å². The topological polar surface area (TPSA) is 26.3 Å². The van der Waals surface area contributed by atoms with E-state index >= 15 is 0 Å². The second-order valence-corrected chi connectivity index (χ2v) is 4.11. The molecule has 2 aromatic rings. The number of ether oxygens (including phenoxy) is 1. The van der Waals surface area contributed by atoms with Crippen molar-refractivity contribution in [2.75, 3.05) is 0 Å². The minimum absolute atomic E-state index is 0.591. The van der Waals surface area contributed by atoms with Gasteiger partial charge in [-0.05, 0) is 42.8 Å². The van der Waals surface area contributed by atoms with E-state index in [0.717, 1.165) is 11.8 Å². The minimum Gasteiger partial charge on any atom is -0.457 e. The van der Waals surface area contributed by atoms with Gasteiger partial charge in [0.25, 0.3) is 0 Å². The summed E-state index contributed by atoms with van der Waals surface area (Å²) in [5.74, 6) is 1.34. The van der Waals surface area contributed by atoms with Gasteiger partial charge in [-0.3, -0.25) is 4.79 Å². The van der Waals surface area contributed by atoms with Gasteiger partial charge < -0.3 is 4.74 Å². The molecule has 0 amide bonds. The highest BCUT2D eigenvalue weighted by Gasteiger charge is 2.01. The van der Waals surface area contributed by atoms with Crippen LogP contribution >= 0.6 is 11.6 Å². The number of halogens is 1. The van der Waals surface area contributed by atoms with Gasteiger partial charge in [0, 0.05) is 10.6 Å². The molecule has 0 spiro atoms. The normalized spacial score (nSPS) is 10.0. The summed E-state index contributed by atoms with van der Waals surface area (Å²) in [4.78, 5) is 10.6. The lowest BCUT2D eigenvalue weighted by atomic mass is 10.2. The summed E-state index contributed by atoms with van der Waals surface area (Å²) in [6, 6.07) is 12.4. The first kappa shape index (κ1) is 11.7. The van der Waals surface area contributed by atoms with Gasteiger partial charge in [0.2, 0.25) is 0 Å². The molecule has 2 rings (SSSR count). The maximum atomic E-state index is 10.6. The first-order chi connectivity index (χ1) is 8.19. The van der Waals surface area contributed by atoms with Crippen LogP contribution in [0.25, 0.3) is 0 Å². The Morgan fingerprint density at radius 2 is 1.88 bits per heavy atom. The number of aldehydes is 1. The first-order valence-electron chi connectivity index (χ1n) is 5.18. The van der Waals surface area contributed by atoms with Crippen molar-refractivity contribution in [2.45, 2.75) is 6.92 Å². The molecule has 0 heterocycles. The van der Waals surface area contributed by atoms with Crippen molar-refractivity contribution >= 4 is 17.9 Å². The number of carbonyl (C=O) groups excluding carboxylic acids is 1. The number of carbonyl (C=O) groups is 1. The second-order valence-electron chi connectivity index (χ2n) is 3.70. The third-order valence-corrected chi connectivity index (χ3v) is 2.78. The molecule has 3 heteroatoms. The van der Waals surface area contributed by atoms with Crippen LogP contribution < -0.4 is 4.74 Å². The molecule has 0 saturated heterocycles. The smallest absolute Gasteiger partial charge is 0.150 e. The fraction of sp³-hybridized carbons (Fsp3) is 0.0714. The molecule has 0 atom stereocenters. The number of benzene rings is 2. The van der Waals surface area contributed by atoms with Crippen LogP contribution in [0.5, 0.6) is 11.5 Å². The standard InChI is InChI=1S/C14H11ClO2/c1-10-7-13(5-6-14(10)15)17-12-4-2-3-11(8-12)9-16/h2-9H,1H3. The van der Waals surface area contributed by atoms with E-state index in [2.05, 4.69) is 0 Å². The van der Waals surface area contributed by atoms with Crippen LogP contribution in [-0.2, 0) is 0 Å². The largest absolute Gasteiger partial charge is 0.457 e. The van der Waals surface area contributed by atoms with Gasteiger partial charge >= 0.3 is 0 Å². The average molecular weight is 247 g/mol. The Labute approximate surface area is 105 Å². The third kappa shape index (κ3) is 2.86. The highest BCUT2D eigenvalue weighted by Crippen LogP contribution is 2.26. The van der Waals surface area contributed by atoms with Crippen LogP contribution in [0.1, 0.15) is 15.9 Å². The Kier molecular flexibility index (Phi) is 3.45. The number of hydrogen-bond donors (Lipinski definition) is 0. The third-order valence-electron chi connectivity index (χ3n) is 2.36. The van der Waals surface area contributed by atoms with Crippen LogP contribution in [0.2, 0.25) is 5.02 Å². The van der Waals surface area contributed by atoms with Gasteiger partial charge in [0.1, 0.15) is 17.8 Å². The predicted octanol–water partition coefficient (Wildman–Crippen LogP) is 4.25. The quantitative estimate of drug-likeness (QED) is 0.757. The number of hydrogen-bond acceptors (Lipinski definition) is 2. The molecule has 0 unspecified atom stereocenters. The van der Waals surface area contributed by atoms with Crippen LogP contribution in [-0.4, -0.2) is 6.29 Å². The van der Waals surface area contributed by atoms with Gasteiger partial charge in [-0.2, -0.15) is 0 Å². The Morgan fingerprint density at radius 3 is 2.59 bits per heavy atom. The molecule has 0 aliphatic rings. The van der Waals surface area contributed by atoms with E-state index in [0.29, 0.717) is 22.1 Å². The van der Waals surface area contributed by atoms with Gasteiger partial charge in [-0.1, -0.05) is 23.7 Å². The molecule has 0 fully saturated rings. The second kappa shape index (κ2) is 5.02. The molecule has 0 radical (unpaired) electrons. The van der Waals surface area contributed by atoms with E-state index in [9.17, 15) is 4.79 Å². The Balaban J connectivity index is 2.24. The van der Waals surface area contributed by atoms with Gasteiger partial charge in [0.05, 0.1) is 0 Å². The summed E-state index contributed by atoms with van der Waals surface area (Å²) >= 11 is 5.93. The van der Waals surface area contributed by atoms with Crippen molar-refractivity contribution in [3.05, 3.63) is 58.6 Å². The lowest BCUT2D eigenvalue weighted by Crippen LogP contribution is -1.87. The average Bonchev–Trinajstić information content (AvgIpc) is 2.34. The van der Waals surface area contributed by atoms with E-state index in [1.54, 1.807) is 36.4 Å². The summed E-state index contributed by atoms with van der Waals surface area (Å²) in [6.45, 7) is 1.91. The monoisotopic (exact) mass is 246 g/mol. The first-order valence-corrected chi connectivity index (χ1v) is 5.56. The molecule has 0 aliphatic heterocycles. The van der Waals surface area contributed by atoms with Gasteiger partial charge in [-0.25, -0.2) is 0 Å². The molecule has 86 valence electrons. The molecule has 0 bridgehead atoms. The zero-order valence-electron chi connectivity index (χ0n) is 9.31. The highest BCUT2D eigenvalue weighted by molar-refractivity contribution is 6.31. The summed E-state index contributed by atoms with van der Waals surface area (Å²) in [7, 11) is 0. The molecule has 0 aromatic heterocycles. The maximum absolute atomic E-state index is 10.6. The van der Waals surface area contributed by atoms with Gasteiger partial charge in [-0.15, -0.1) is 0 Å². The summed E-state index contributed by atoms with van der Waals surface area (Å²) in [5.41, 5.74) is 1.55. The summed E-state index contributed by atoms with van der Waals surface area (Å²) in [6.07, 6.45) is 0.792. The lowest BCUT2D eigenvalue weighted by molar-refractivity contribution is 0.112. The fourth-order valence-corrected chi connectivity index (χ4v) is 1.59. The Hall–Kier alpha value is -1.80. The lowest BCUT2D eigenvalue weighted by Gasteiger charge is -2.07. The SMILES string of the molecule is Cc1cc(Oc2cccc(C=O)c2)ccc1Cl. The minimum atomic E-state index is 0.591. The van der Waals surface area contributed by atoms with Crippen LogP contribution in [0, 0.1) is 6.92 Å². The summed E-state index contributed by atoms with van der Waals surface area (Å²) < 4.78 is 5.64. The molecule has 0 aliphatic carbocycles. The number of rotatable bonds is 3. The van der Waals surface area contributed by atoms with Crippen molar-refractivity contribution in [1.82, 2.24) is 0 Å². The molecule has 2 aromatic carbocycles. The van der Waals surface area contributed by atoms with Crippen molar-refractivity contribution in [1.29, 1.82) is 0 Å². The maximum Gasteiger partial charge on any atom is 0.150 e. The molecule has 0 N–H and O–H groups in total. The zero-order valence-corrected chi connectivity index (χ0v) is 10.1. The molecular formula is C14H11ClO2. The molecular weight excluding hydrogens is 236 g/mol. The van der Waals surface area contributed by atoms with Crippen molar-refractivity contribution < 1.29 is 9.53 Å². The van der Waals surface area contributed by atoms with Crippen LogP contribution in [0.4, 0.5) is 0 Å². The molecule has 17 heavy (non-hydrogen) atoms. The van der Waals surface area contributed by atoms with Crippen molar-refractivity contribution in [2.24, 2.45) is 0 Å². The number of aryl methyl sites for hydroxylation is 1. The highest BCUT2D eigenvalue weighted by atomic mass is 35.5. The van der Waals surface area contributed by atoms with E-state index in [1.165, 1.54) is 0 Å². The fourth-order valence-electron chi connectivity index (χ4n) is 1.47. The summed E-state index contributed by atoms with van der Waals surface area (Å²) in [5, 5.41) is 0.707. The van der Waals surface area contributed by atoms with E-state index < -0.39 is 0 Å². The molecule has 0 saturated carbocycles. The van der Waals surface area contributed by atoms with Crippen LogP contribution in [0.3, 0.4) is 0 Å². The van der Waals surface area contributed by atoms with Crippen LogP contribution in [0.15, 0.2) is 42.5 Å². The van der Waals surface area contributed by atoms with Gasteiger partial charge in [0.15, 0.2) is 0 Å². The van der Waals surface area contributed by atoms with E-state index in [1.807, 2.05) is 13.0 Å². The predicted molar refractivity (Wildman–Crippen MR) is 68.1 cm³/mol. The Bertz CT molecular complexity index is 550. The zero-order chi connectivity index (χ0) is 12.3.